The van der Waals surface area contributed by atoms with Crippen molar-refractivity contribution in [2.75, 3.05) is 21.3 Å². The van der Waals surface area contributed by atoms with Gasteiger partial charge in [-0.2, -0.15) is 0 Å². The van der Waals surface area contributed by atoms with Crippen molar-refractivity contribution < 1.29 is 28.9 Å². The summed E-state index contributed by atoms with van der Waals surface area (Å²) >= 11 is 0. The second-order valence-electron chi connectivity index (χ2n) is 5.82. The zero-order valence-electron chi connectivity index (χ0n) is 16.0. The van der Waals surface area contributed by atoms with Crippen molar-refractivity contribution in [3.8, 4) is 23.0 Å². The van der Waals surface area contributed by atoms with Gasteiger partial charge >= 0.3 is 0 Å². The van der Waals surface area contributed by atoms with Crippen LogP contribution in [0.1, 0.15) is 17.5 Å². The van der Waals surface area contributed by atoms with E-state index in [0.717, 1.165) is 5.56 Å². The monoisotopic (exact) mass is 382 g/mol. The van der Waals surface area contributed by atoms with Crippen LogP contribution < -0.4 is 14.2 Å². The fourth-order valence-electron chi connectivity index (χ4n) is 2.42. The van der Waals surface area contributed by atoms with Gasteiger partial charge in [-0.05, 0) is 47.5 Å². The van der Waals surface area contributed by atoms with Crippen molar-refractivity contribution >= 4 is 23.7 Å². The van der Waals surface area contributed by atoms with E-state index in [0.29, 0.717) is 22.8 Å². The molecule has 0 aliphatic carbocycles. The van der Waals surface area contributed by atoms with Crippen LogP contribution in [-0.2, 0) is 9.59 Å². The molecule has 0 aliphatic heterocycles. The normalized spacial score (nSPS) is 11.0. The maximum atomic E-state index is 12.0. The van der Waals surface area contributed by atoms with Gasteiger partial charge in [-0.3, -0.25) is 9.59 Å². The Bertz CT molecular complexity index is 911. The van der Waals surface area contributed by atoms with Crippen LogP contribution in [0.2, 0.25) is 0 Å². The maximum Gasteiger partial charge on any atom is 0.163 e. The van der Waals surface area contributed by atoms with E-state index < -0.39 is 0 Å². The van der Waals surface area contributed by atoms with Crippen LogP contribution in [0.15, 0.2) is 48.6 Å². The SMILES string of the molecule is COc1cc(C=CC(=O)CC(=O)C=Cc2ccc(OC)c(OC)c2)ccc1O. The highest BCUT2D eigenvalue weighted by atomic mass is 16.5. The summed E-state index contributed by atoms with van der Waals surface area (Å²) in [6.07, 6.45) is 5.63. The minimum atomic E-state index is -0.325. The molecule has 0 atom stereocenters. The summed E-state index contributed by atoms with van der Waals surface area (Å²) in [7, 11) is 4.52. The number of hydrogen-bond acceptors (Lipinski definition) is 6. The van der Waals surface area contributed by atoms with Gasteiger partial charge in [0.15, 0.2) is 34.6 Å². The number of phenols is 1. The molecule has 6 nitrogen and oxygen atoms in total. The number of allylic oxidation sites excluding steroid dienone is 2. The molecule has 0 amide bonds. The number of ether oxygens (including phenoxy) is 3. The smallest absolute Gasteiger partial charge is 0.163 e. The summed E-state index contributed by atoms with van der Waals surface area (Å²) in [6.45, 7) is 0. The number of ketones is 2. The number of phenolic OH excluding ortho intramolecular Hbond substituents is 1. The Kier molecular flexibility index (Phi) is 7.39. The molecule has 0 saturated carbocycles. The van der Waals surface area contributed by atoms with Crippen LogP contribution in [-0.4, -0.2) is 38.0 Å². The van der Waals surface area contributed by atoms with Crippen LogP contribution in [0.3, 0.4) is 0 Å². The highest BCUT2D eigenvalue weighted by Crippen LogP contribution is 2.28. The summed E-state index contributed by atoms with van der Waals surface area (Å²) in [5.41, 5.74) is 1.43. The topological polar surface area (TPSA) is 82.1 Å². The van der Waals surface area contributed by atoms with Crippen LogP contribution in [0.5, 0.6) is 23.0 Å². The van der Waals surface area contributed by atoms with Crippen LogP contribution in [0.4, 0.5) is 0 Å². The van der Waals surface area contributed by atoms with Gasteiger partial charge in [0.05, 0.1) is 27.8 Å². The standard InChI is InChI=1S/C22H22O6/c1-26-20-11-7-16(13-22(20)28-3)5-9-18(24)14-17(23)8-4-15-6-10-19(25)21(12-15)27-2/h4-13,25H,14H2,1-3H3. The molecule has 2 aromatic rings. The summed E-state index contributed by atoms with van der Waals surface area (Å²) in [4.78, 5) is 24.0. The van der Waals surface area contributed by atoms with E-state index in [-0.39, 0.29) is 23.7 Å². The Morgan fingerprint density at radius 3 is 1.82 bits per heavy atom. The fraction of sp³-hybridized carbons (Fsp3) is 0.182. The number of aromatic hydroxyl groups is 1. The first-order valence-corrected chi connectivity index (χ1v) is 8.47. The zero-order chi connectivity index (χ0) is 20.5. The van der Waals surface area contributed by atoms with Gasteiger partial charge < -0.3 is 19.3 Å². The Balaban J connectivity index is 1.97. The first kappa shape index (κ1) is 20.8. The van der Waals surface area contributed by atoms with E-state index in [9.17, 15) is 14.7 Å². The summed E-state index contributed by atoms with van der Waals surface area (Å²) in [5, 5.41) is 9.56. The number of benzene rings is 2. The van der Waals surface area contributed by atoms with Gasteiger partial charge in [-0.15, -0.1) is 0 Å². The lowest BCUT2D eigenvalue weighted by molar-refractivity contribution is -0.121. The number of carbonyl (C=O) groups is 2. The lowest BCUT2D eigenvalue weighted by atomic mass is 10.1. The van der Waals surface area contributed by atoms with E-state index >= 15 is 0 Å². The maximum absolute atomic E-state index is 12.0. The Hall–Kier alpha value is -3.54. The van der Waals surface area contributed by atoms with Crippen molar-refractivity contribution in [1.82, 2.24) is 0 Å². The van der Waals surface area contributed by atoms with E-state index in [1.54, 1.807) is 49.6 Å². The molecule has 6 heteroatoms. The van der Waals surface area contributed by atoms with Gasteiger partial charge in [-0.25, -0.2) is 0 Å². The molecular formula is C22H22O6. The van der Waals surface area contributed by atoms with Crippen molar-refractivity contribution in [2.45, 2.75) is 6.42 Å². The quantitative estimate of drug-likeness (QED) is 0.526. The molecule has 2 aromatic carbocycles. The highest BCUT2D eigenvalue weighted by molar-refractivity contribution is 6.10. The molecule has 0 radical (unpaired) electrons. The molecular weight excluding hydrogens is 360 g/mol. The van der Waals surface area contributed by atoms with Gasteiger partial charge in [0.25, 0.3) is 0 Å². The van der Waals surface area contributed by atoms with Crippen molar-refractivity contribution in [3.05, 3.63) is 59.7 Å². The van der Waals surface area contributed by atoms with Crippen LogP contribution >= 0.6 is 0 Å². The molecule has 146 valence electrons. The highest BCUT2D eigenvalue weighted by Gasteiger charge is 2.06. The third kappa shape index (κ3) is 5.74. The molecule has 0 bridgehead atoms. The first-order valence-electron chi connectivity index (χ1n) is 8.47. The molecule has 1 N–H and O–H groups in total. The average Bonchev–Trinajstić information content (AvgIpc) is 2.71. The van der Waals surface area contributed by atoms with Crippen LogP contribution in [0, 0.1) is 0 Å². The zero-order valence-corrected chi connectivity index (χ0v) is 16.0. The molecule has 28 heavy (non-hydrogen) atoms. The van der Waals surface area contributed by atoms with Crippen molar-refractivity contribution in [2.24, 2.45) is 0 Å². The lowest BCUT2D eigenvalue weighted by Gasteiger charge is -2.07. The van der Waals surface area contributed by atoms with Gasteiger partial charge in [0.1, 0.15) is 0 Å². The van der Waals surface area contributed by atoms with E-state index in [1.807, 2.05) is 0 Å². The van der Waals surface area contributed by atoms with Gasteiger partial charge in [0.2, 0.25) is 0 Å². The number of carbonyl (C=O) groups excluding carboxylic acids is 2. The largest absolute Gasteiger partial charge is 0.504 e. The predicted molar refractivity (Wildman–Crippen MR) is 107 cm³/mol. The van der Waals surface area contributed by atoms with Crippen molar-refractivity contribution in [1.29, 1.82) is 0 Å². The molecule has 0 aliphatic rings. The summed E-state index contributed by atoms with van der Waals surface area (Å²) < 4.78 is 15.4. The fourth-order valence-corrected chi connectivity index (χ4v) is 2.42. The summed E-state index contributed by atoms with van der Waals surface area (Å²) in [6, 6.07) is 9.97. The number of rotatable bonds is 9. The third-order valence-corrected chi connectivity index (χ3v) is 3.88. The van der Waals surface area contributed by atoms with Gasteiger partial charge in [-0.1, -0.05) is 24.3 Å². The van der Waals surface area contributed by atoms with Gasteiger partial charge in [0, 0.05) is 0 Å². The molecule has 0 fully saturated rings. The van der Waals surface area contributed by atoms with E-state index in [4.69, 9.17) is 14.2 Å². The predicted octanol–water partition coefficient (Wildman–Crippen LogP) is 3.67. The molecule has 0 heterocycles. The Morgan fingerprint density at radius 1 is 0.786 bits per heavy atom. The van der Waals surface area contributed by atoms with E-state index in [2.05, 4.69) is 0 Å². The molecule has 0 spiro atoms. The molecule has 0 unspecified atom stereocenters. The first-order chi connectivity index (χ1) is 13.5. The van der Waals surface area contributed by atoms with Crippen LogP contribution in [0.25, 0.3) is 12.2 Å². The molecule has 0 aromatic heterocycles. The Morgan fingerprint density at radius 2 is 1.29 bits per heavy atom. The number of methoxy groups -OCH3 is 3. The second kappa shape index (κ2) is 9.97. The lowest BCUT2D eigenvalue weighted by Crippen LogP contribution is -2.01. The van der Waals surface area contributed by atoms with E-state index in [1.165, 1.54) is 32.4 Å². The molecule has 0 saturated heterocycles. The molecule has 2 rings (SSSR count). The van der Waals surface area contributed by atoms with Crippen molar-refractivity contribution in [3.63, 3.8) is 0 Å². The average molecular weight is 382 g/mol. The third-order valence-electron chi connectivity index (χ3n) is 3.88. The Labute approximate surface area is 163 Å². The minimum Gasteiger partial charge on any atom is -0.504 e. The number of hydrogen-bond donors (Lipinski definition) is 1. The second-order valence-corrected chi connectivity index (χ2v) is 5.82. The minimum absolute atomic E-state index is 0.0152. The summed E-state index contributed by atoms with van der Waals surface area (Å²) in [5.74, 6) is 0.837.